The molecule has 0 amide bonds. The van der Waals surface area contributed by atoms with E-state index in [-0.39, 0.29) is 6.61 Å². The number of aromatic nitrogens is 2. The van der Waals surface area contributed by atoms with Gasteiger partial charge < -0.3 is 4.74 Å². The van der Waals surface area contributed by atoms with Crippen LogP contribution >= 0.6 is 15.9 Å². The number of fused-ring (bicyclic) bond motifs is 1. The molecule has 5 aromatic rings. The Labute approximate surface area is 206 Å². The van der Waals surface area contributed by atoms with Gasteiger partial charge in [0.15, 0.2) is 5.69 Å². The zero-order valence-electron chi connectivity index (χ0n) is 18.7. The Hall–Kier alpha value is -3.70. The van der Waals surface area contributed by atoms with Crippen LogP contribution in [0.15, 0.2) is 114 Å². The molecule has 168 valence electrons. The summed E-state index contributed by atoms with van der Waals surface area (Å²) in [5, 5.41) is 5.71. The predicted octanol–water partition coefficient (Wildman–Crippen LogP) is 6.82. The number of rotatable bonds is 6. The second-order valence-electron chi connectivity index (χ2n) is 7.95. The number of esters is 1. The number of nitrogens with zero attached hydrogens (tertiary/aromatic N) is 2. The van der Waals surface area contributed by atoms with Gasteiger partial charge in [-0.05, 0) is 41.8 Å². The van der Waals surface area contributed by atoms with E-state index in [0.717, 1.165) is 32.1 Å². The molecule has 0 unspecified atom stereocenters. The molecule has 0 bridgehead atoms. The highest BCUT2D eigenvalue weighted by atomic mass is 79.9. The van der Waals surface area contributed by atoms with Crippen LogP contribution in [-0.2, 0) is 10.3 Å². The van der Waals surface area contributed by atoms with E-state index in [1.165, 1.54) is 0 Å². The van der Waals surface area contributed by atoms with E-state index in [1.54, 1.807) is 6.92 Å². The summed E-state index contributed by atoms with van der Waals surface area (Å²) in [6.45, 7) is 2.08. The number of carbonyl (C=O) groups excluding carboxylic acids is 1. The average Bonchev–Trinajstić information content (AvgIpc) is 3.26. The van der Waals surface area contributed by atoms with Crippen LogP contribution in [0.1, 0.15) is 34.1 Å². The molecule has 0 aliphatic rings. The van der Waals surface area contributed by atoms with Crippen molar-refractivity contribution in [2.75, 3.05) is 6.61 Å². The lowest BCUT2D eigenvalue weighted by atomic mass is 9.77. The van der Waals surface area contributed by atoms with Crippen LogP contribution in [0.5, 0.6) is 0 Å². The first kappa shape index (κ1) is 22.1. The minimum absolute atomic E-state index is 0.280. The molecule has 1 heterocycles. The van der Waals surface area contributed by atoms with Gasteiger partial charge in [0.05, 0.1) is 12.1 Å². The lowest BCUT2D eigenvalue weighted by Crippen LogP contribution is -2.38. The molecule has 0 saturated carbocycles. The lowest BCUT2D eigenvalue weighted by molar-refractivity contribution is 0.0520. The molecular weight excluding hydrogens is 488 g/mol. The first-order chi connectivity index (χ1) is 16.7. The van der Waals surface area contributed by atoms with Crippen LogP contribution in [-0.4, -0.2) is 22.4 Å². The van der Waals surface area contributed by atoms with E-state index >= 15 is 0 Å². The third-order valence-electron chi connectivity index (χ3n) is 6.00. The maximum absolute atomic E-state index is 13.0. The molecule has 5 rings (SSSR count). The zero-order chi connectivity index (χ0) is 23.5. The maximum atomic E-state index is 13.0. The van der Waals surface area contributed by atoms with E-state index in [1.807, 2.05) is 77.5 Å². The van der Waals surface area contributed by atoms with E-state index in [2.05, 4.69) is 52.3 Å². The van der Waals surface area contributed by atoms with Crippen LogP contribution < -0.4 is 0 Å². The fourth-order valence-corrected chi connectivity index (χ4v) is 4.96. The average molecular weight is 511 g/mol. The highest BCUT2D eigenvalue weighted by Crippen LogP contribution is 2.43. The SMILES string of the molecule is CCOC(=O)c1nn(C(c2ccccc2)(c2ccccc2)c2ccccc2)c2ccc(Br)cc12. The molecule has 34 heavy (non-hydrogen) atoms. The Morgan fingerprint density at radius 1 is 0.824 bits per heavy atom. The Bertz CT molecular complexity index is 1330. The van der Waals surface area contributed by atoms with Crippen molar-refractivity contribution in [1.29, 1.82) is 0 Å². The standard InChI is InChI=1S/C29H23BrN2O2/c1-2-34-28(33)27-25-20-24(30)18-19-26(25)32(31-27)29(21-12-6-3-7-13-21,22-14-8-4-9-15-22)23-16-10-5-11-17-23/h3-20H,2H2,1H3. The second kappa shape index (κ2) is 9.27. The fourth-order valence-electron chi connectivity index (χ4n) is 4.60. The van der Waals surface area contributed by atoms with E-state index in [9.17, 15) is 4.79 Å². The van der Waals surface area contributed by atoms with Gasteiger partial charge in [0.2, 0.25) is 0 Å². The Balaban J connectivity index is 1.96. The largest absolute Gasteiger partial charge is 0.461 e. The van der Waals surface area contributed by atoms with Crippen molar-refractivity contribution in [3.63, 3.8) is 0 Å². The van der Waals surface area contributed by atoms with Gasteiger partial charge in [0.1, 0.15) is 5.54 Å². The normalized spacial score (nSPS) is 11.5. The minimum atomic E-state index is -0.819. The molecule has 0 atom stereocenters. The van der Waals surface area contributed by atoms with Gasteiger partial charge in [-0.2, -0.15) is 5.10 Å². The molecule has 0 fully saturated rings. The summed E-state index contributed by atoms with van der Waals surface area (Å²) in [6, 6.07) is 36.8. The van der Waals surface area contributed by atoms with E-state index in [4.69, 9.17) is 9.84 Å². The first-order valence-electron chi connectivity index (χ1n) is 11.2. The van der Waals surface area contributed by atoms with Crippen LogP contribution in [0.3, 0.4) is 0 Å². The van der Waals surface area contributed by atoms with Crippen molar-refractivity contribution >= 4 is 32.8 Å². The Morgan fingerprint density at radius 2 is 1.32 bits per heavy atom. The molecule has 5 heteroatoms. The predicted molar refractivity (Wildman–Crippen MR) is 138 cm³/mol. The van der Waals surface area contributed by atoms with Crippen molar-refractivity contribution in [2.45, 2.75) is 12.5 Å². The molecular formula is C29H23BrN2O2. The molecule has 0 saturated heterocycles. The summed E-state index contributed by atoms with van der Waals surface area (Å²) in [6.07, 6.45) is 0. The van der Waals surface area contributed by atoms with E-state index < -0.39 is 11.5 Å². The Kier molecular flexibility index (Phi) is 6.03. The third-order valence-corrected chi connectivity index (χ3v) is 6.50. The van der Waals surface area contributed by atoms with Crippen molar-refractivity contribution in [3.05, 3.63) is 136 Å². The monoisotopic (exact) mass is 510 g/mol. The minimum Gasteiger partial charge on any atom is -0.461 e. The molecule has 0 spiro atoms. The van der Waals surface area contributed by atoms with Gasteiger partial charge >= 0.3 is 5.97 Å². The summed E-state index contributed by atoms with van der Waals surface area (Å²) >= 11 is 3.56. The van der Waals surface area contributed by atoms with Gasteiger partial charge in [0.25, 0.3) is 0 Å². The molecule has 0 aliphatic carbocycles. The smallest absolute Gasteiger partial charge is 0.359 e. The zero-order valence-corrected chi connectivity index (χ0v) is 20.3. The fraction of sp³-hybridized carbons (Fsp3) is 0.103. The lowest BCUT2D eigenvalue weighted by Gasteiger charge is -2.37. The summed E-state index contributed by atoms with van der Waals surface area (Å²) in [4.78, 5) is 13.0. The highest BCUT2D eigenvalue weighted by molar-refractivity contribution is 9.10. The highest BCUT2D eigenvalue weighted by Gasteiger charge is 2.41. The topological polar surface area (TPSA) is 44.1 Å². The van der Waals surface area contributed by atoms with Gasteiger partial charge in [0, 0.05) is 9.86 Å². The van der Waals surface area contributed by atoms with Crippen molar-refractivity contribution in [2.24, 2.45) is 0 Å². The van der Waals surface area contributed by atoms with Crippen LogP contribution in [0.25, 0.3) is 10.9 Å². The number of benzene rings is 4. The van der Waals surface area contributed by atoms with E-state index in [0.29, 0.717) is 5.69 Å². The number of carbonyl (C=O) groups is 1. The van der Waals surface area contributed by atoms with Crippen molar-refractivity contribution < 1.29 is 9.53 Å². The third kappa shape index (κ3) is 3.62. The van der Waals surface area contributed by atoms with Crippen LogP contribution in [0.2, 0.25) is 0 Å². The first-order valence-corrected chi connectivity index (χ1v) is 12.0. The molecule has 0 aliphatic heterocycles. The summed E-state index contributed by atoms with van der Waals surface area (Å²) < 4.78 is 8.23. The summed E-state index contributed by atoms with van der Waals surface area (Å²) in [5.74, 6) is -0.438. The molecule has 0 N–H and O–H groups in total. The number of halogens is 1. The molecule has 4 nitrogen and oxygen atoms in total. The maximum Gasteiger partial charge on any atom is 0.359 e. The van der Waals surface area contributed by atoms with Crippen LogP contribution in [0.4, 0.5) is 0 Å². The van der Waals surface area contributed by atoms with Gasteiger partial charge in [-0.25, -0.2) is 9.48 Å². The molecule has 0 radical (unpaired) electrons. The van der Waals surface area contributed by atoms with Crippen LogP contribution in [0, 0.1) is 0 Å². The molecule has 4 aromatic carbocycles. The summed E-state index contributed by atoms with van der Waals surface area (Å²) in [7, 11) is 0. The van der Waals surface area contributed by atoms with Gasteiger partial charge in [-0.3, -0.25) is 0 Å². The quantitative estimate of drug-likeness (QED) is 0.186. The van der Waals surface area contributed by atoms with Gasteiger partial charge in [-0.1, -0.05) is 107 Å². The number of hydrogen-bond acceptors (Lipinski definition) is 3. The Morgan fingerprint density at radius 3 is 1.79 bits per heavy atom. The second-order valence-corrected chi connectivity index (χ2v) is 8.87. The summed E-state index contributed by atoms with van der Waals surface area (Å²) in [5.41, 5.74) is 3.43. The number of ether oxygens (including phenoxy) is 1. The van der Waals surface area contributed by atoms with Gasteiger partial charge in [-0.15, -0.1) is 0 Å². The molecule has 1 aromatic heterocycles. The van der Waals surface area contributed by atoms with Crippen molar-refractivity contribution in [3.8, 4) is 0 Å². The number of hydrogen-bond donors (Lipinski definition) is 0. The van der Waals surface area contributed by atoms with Crippen molar-refractivity contribution in [1.82, 2.24) is 9.78 Å².